The number of aromatic nitrogens is 1. The van der Waals surface area contributed by atoms with E-state index < -0.39 is 10.8 Å². The predicted molar refractivity (Wildman–Crippen MR) is 58.4 cm³/mol. The number of rotatable bonds is 3. The Morgan fingerprint density at radius 2 is 2.20 bits per heavy atom. The van der Waals surface area contributed by atoms with Crippen LogP contribution in [-0.4, -0.2) is 9.19 Å². The maximum Gasteiger partial charge on any atom is 0.131 e. The molecular weight excluding hydrogens is 210 g/mol. The maximum atomic E-state index is 11.7. The highest BCUT2D eigenvalue weighted by Crippen LogP contribution is 2.07. The van der Waals surface area contributed by atoms with Crippen molar-refractivity contribution < 1.29 is 8.63 Å². The van der Waals surface area contributed by atoms with Gasteiger partial charge in [-0.1, -0.05) is 6.07 Å². The molecule has 0 fully saturated rings. The van der Waals surface area contributed by atoms with Crippen LogP contribution in [0.4, 0.5) is 0 Å². The average Bonchev–Trinajstić information content (AvgIpc) is 2.80. The molecule has 0 amide bonds. The van der Waals surface area contributed by atoms with Crippen LogP contribution in [0.2, 0.25) is 0 Å². The summed E-state index contributed by atoms with van der Waals surface area (Å²) in [5.74, 6) is 0.680. The van der Waals surface area contributed by atoms with Crippen molar-refractivity contribution >= 4 is 16.9 Å². The molecule has 2 heterocycles. The van der Waals surface area contributed by atoms with E-state index in [1.54, 1.807) is 54.3 Å². The summed E-state index contributed by atoms with van der Waals surface area (Å²) in [6.45, 7) is 0. The van der Waals surface area contributed by atoms with Gasteiger partial charge >= 0.3 is 0 Å². The lowest BCUT2D eigenvalue weighted by Gasteiger charge is -1.92. The zero-order valence-electron chi connectivity index (χ0n) is 7.87. The molecule has 4 heteroatoms. The van der Waals surface area contributed by atoms with Crippen molar-refractivity contribution in [2.45, 2.75) is 5.03 Å². The molecule has 0 aliphatic rings. The molecule has 2 rings (SSSR count). The van der Waals surface area contributed by atoms with E-state index in [1.807, 2.05) is 0 Å². The second kappa shape index (κ2) is 4.70. The van der Waals surface area contributed by atoms with Gasteiger partial charge in [0.05, 0.1) is 17.1 Å². The third-order valence-corrected chi connectivity index (χ3v) is 2.78. The fourth-order valence-corrected chi connectivity index (χ4v) is 1.83. The molecule has 2 aromatic heterocycles. The highest BCUT2D eigenvalue weighted by molar-refractivity contribution is 7.88. The van der Waals surface area contributed by atoms with E-state index in [0.717, 1.165) is 0 Å². The van der Waals surface area contributed by atoms with Gasteiger partial charge in [0, 0.05) is 11.6 Å². The number of pyridine rings is 1. The first-order valence-electron chi connectivity index (χ1n) is 4.39. The molecule has 0 bridgehead atoms. The molecule has 2 aromatic rings. The smallest absolute Gasteiger partial charge is 0.131 e. The molecule has 15 heavy (non-hydrogen) atoms. The minimum Gasteiger partial charge on any atom is -0.465 e. The first-order chi connectivity index (χ1) is 7.36. The molecular formula is C11H9NO2S. The Balaban J connectivity index is 2.11. The van der Waals surface area contributed by atoms with Crippen molar-refractivity contribution in [3.63, 3.8) is 0 Å². The van der Waals surface area contributed by atoms with Gasteiger partial charge in [-0.05, 0) is 30.3 Å². The second-order valence-corrected chi connectivity index (χ2v) is 4.07. The topological polar surface area (TPSA) is 43.1 Å². The van der Waals surface area contributed by atoms with Gasteiger partial charge < -0.3 is 4.42 Å². The van der Waals surface area contributed by atoms with Gasteiger partial charge in [0.1, 0.15) is 10.8 Å². The summed E-state index contributed by atoms with van der Waals surface area (Å²) in [4.78, 5) is 4.00. The Kier molecular flexibility index (Phi) is 3.09. The van der Waals surface area contributed by atoms with Gasteiger partial charge in [0.2, 0.25) is 0 Å². The van der Waals surface area contributed by atoms with Crippen LogP contribution in [0.1, 0.15) is 5.76 Å². The van der Waals surface area contributed by atoms with Crippen LogP contribution in [0.5, 0.6) is 0 Å². The molecule has 0 radical (unpaired) electrons. The van der Waals surface area contributed by atoms with Crippen LogP contribution >= 0.6 is 0 Å². The summed E-state index contributed by atoms with van der Waals surface area (Å²) in [5, 5.41) is 2.10. The summed E-state index contributed by atoms with van der Waals surface area (Å²) in [6, 6.07) is 8.90. The lowest BCUT2D eigenvalue weighted by Crippen LogP contribution is -1.88. The number of nitrogens with zero attached hydrogens (tertiary/aromatic N) is 1. The largest absolute Gasteiger partial charge is 0.465 e. The quantitative estimate of drug-likeness (QED) is 0.796. The van der Waals surface area contributed by atoms with E-state index in [1.165, 1.54) is 0 Å². The van der Waals surface area contributed by atoms with Gasteiger partial charge in [0.15, 0.2) is 0 Å². The molecule has 1 unspecified atom stereocenters. The number of hydrogen-bond donors (Lipinski definition) is 0. The van der Waals surface area contributed by atoms with E-state index in [0.29, 0.717) is 10.8 Å². The van der Waals surface area contributed by atoms with Gasteiger partial charge in [0.25, 0.3) is 0 Å². The molecule has 3 nitrogen and oxygen atoms in total. The van der Waals surface area contributed by atoms with Crippen LogP contribution in [-0.2, 0) is 10.8 Å². The Labute approximate surface area is 89.9 Å². The zero-order chi connectivity index (χ0) is 10.5. The van der Waals surface area contributed by atoms with Crippen LogP contribution < -0.4 is 0 Å². The molecule has 0 aromatic carbocycles. The number of hydrogen-bond acceptors (Lipinski definition) is 3. The third-order valence-electron chi connectivity index (χ3n) is 1.74. The SMILES string of the molecule is O=S(/C=C\c1ccco1)c1ccccn1. The van der Waals surface area contributed by atoms with E-state index in [9.17, 15) is 4.21 Å². The summed E-state index contributed by atoms with van der Waals surface area (Å²) < 4.78 is 16.7. The normalized spacial score (nSPS) is 13.1. The van der Waals surface area contributed by atoms with E-state index >= 15 is 0 Å². The third kappa shape index (κ3) is 2.63. The van der Waals surface area contributed by atoms with Crippen molar-refractivity contribution in [3.05, 3.63) is 54.0 Å². The average molecular weight is 219 g/mol. The van der Waals surface area contributed by atoms with Gasteiger partial charge in [-0.25, -0.2) is 9.19 Å². The van der Waals surface area contributed by atoms with Gasteiger partial charge in [-0.3, -0.25) is 0 Å². The molecule has 0 aliphatic carbocycles. The van der Waals surface area contributed by atoms with Crippen molar-refractivity contribution in [2.24, 2.45) is 0 Å². The molecule has 0 N–H and O–H groups in total. The Bertz CT molecular complexity index is 463. The Morgan fingerprint density at radius 3 is 2.87 bits per heavy atom. The summed E-state index contributed by atoms with van der Waals surface area (Å²) >= 11 is 0. The highest BCUT2D eigenvalue weighted by Gasteiger charge is 1.99. The molecule has 0 aliphatic heterocycles. The van der Waals surface area contributed by atoms with Crippen molar-refractivity contribution in [3.8, 4) is 0 Å². The fraction of sp³-hybridized carbons (Fsp3) is 0. The molecule has 1 atom stereocenters. The minimum atomic E-state index is -1.22. The van der Waals surface area contributed by atoms with Crippen LogP contribution in [0, 0.1) is 0 Å². The van der Waals surface area contributed by atoms with Crippen molar-refractivity contribution in [2.75, 3.05) is 0 Å². The van der Waals surface area contributed by atoms with Crippen molar-refractivity contribution in [1.82, 2.24) is 4.98 Å². The van der Waals surface area contributed by atoms with E-state index in [4.69, 9.17) is 4.42 Å². The fourth-order valence-electron chi connectivity index (χ4n) is 1.05. The lowest BCUT2D eigenvalue weighted by molar-refractivity contribution is 0.557. The Hall–Kier alpha value is -1.68. The lowest BCUT2D eigenvalue weighted by atomic mass is 10.5. The highest BCUT2D eigenvalue weighted by atomic mass is 32.2. The maximum absolute atomic E-state index is 11.7. The minimum absolute atomic E-state index is 0.542. The van der Waals surface area contributed by atoms with Crippen LogP contribution in [0.3, 0.4) is 0 Å². The standard InChI is InChI=1S/C11H9NO2S/c13-15(11-5-1-2-7-12-11)9-6-10-4-3-8-14-10/h1-9H/b9-6-. The van der Waals surface area contributed by atoms with Crippen molar-refractivity contribution in [1.29, 1.82) is 0 Å². The first-order valence-corrected chi connectivity index (χ1v) is 5.61. The van der Waals surface area contributed by atoms with E-state index in [-0.39, 0.29) is 0 Å². The van der Waals surface area contributed by atoms with Crippen LogP contribution in [0.25, 0.3) is 6.08 Å². The Morgan fingerprint density at radius 1 is 1.27 bits per heavy atom. The molecule has 0 spiro atoms. The molecule has 0 saturated carbocycles. The summed E-state index contributed by atoms with van der Waals surface area (Å²) in [6.07, 6.45) is 4.86. The second-order valence-electron chi connectivity index (χ2n) is 2.78. The monoisotopic (exact) mass is 219 g/mol. The first kappa shape index (κ1) is 9.86. The summed E-state index contributed by atoms with van der Waals surface area (Å²) in [7, 11) is -1.22. The van der Waals surface area contributed by atoms with E-state index in [2.05, 4.69) is 4.98 Å². The van der Waals surface area contributed by atoms with Crippen LogP contribution in [0.15, 0.2) is 57.6 Å². The molecule has 76 valence electrons. The summed E-state index contributed by atoms with van der Waals surface area (Å²) in [5.41, 5.74) is 0. The van der Waals surface area contributed by atoms with Gasteiger partial charge in [-0.15, -0.1) is 0 Å². The van der Waals surface area contributed by atoms with Gasteiger partial charge in [-0.2, -0.15) is 0 Å². The predicted octanol–water partition coefficient (Wildman–Crippen LogP) is 2.45. The molecule has 0 saturated heterocycles. The number of furan rings is 1. The zero-order valence-corrected chi connectivity index (χ0v) is 8.68.